The average molecular weight is 338 g/mol. The summed E-state index contributed by atoms with van der Waals surface area (Å²) in [5.41, 5.74) is 8.49. The highest BCUT2D eigenvalue weighted by Crippen LogP contribution is 2.30. The molecule has 0 aliphatic heterocycles. The monoisotopic (exact) mass is 337 g/mol. The molecule has 2 aromatic carbocycles. The summed E-state index contributed by atoms with van der Waals surface area (Å²) in [6.45, 7) is 4.28. The van der Waals surface area contributed by atoms with E-state index in [1.807, 2.05) is 31.2 Å². The molecule has 0 amide bonds. The van der Waals surface area contributed by atoms with Gasteiger partial charge in [0.25, 0.3) is 0 Å². The van der Waals surface area contributed by atoms with Crippen LogP contribution < -0.4 is 10.5 Å². The Morgan fingerprint density at radius 2 is 2.00 bits per heavy atom. The van der Waals surface area contributed by atoms with E-state index in [0.717, 1.165) is 21.3 Å². The van der Waals surface area contributed by atoms with E-state index in [-0.39, 0.29) is 11.9 Å². The zero-order chi connectivity index (χ0) is 14.7. The molecule has 0 aliphatic carbocycles. The van der Waals surface area contributed by atoms with Gasteiger partial charge in [0.15, 0.2) is 0 Å². The number of ether oxygens (including phenoxy) is 1. The summed E-state index contributed by atoms with van der Waals surface area (Å²) < 4.78 is 19.9. The number of benzene rings is 2. The van der Waals surface area contributed by atoms with Crippen LogP contribution in [0.15, 0.2) is 40.9 Å². The number of halogens is 2. The van der Waals surface area contributed by atoms with Gasteiger partial charge in [-0.1, -0.05) is 34.1 Å². The van der Waals surface area contributed by atoms with Crippen molar-refractivity contribution in [3.8, 4) is 5.75 Å². The van der Waals surface area contributed by atoms with Gasteiger partial charge in [0.05, 0.1) is 12.6 Å². The van der Waals surface area contributed by atoms with Crippen molar-refractivity contribution in [2.45, 2.75) is 19.9 Å². The van der Waals surface area contributed by atoms with Crippen LogP contribution in [0.5, 0.6) is 5.75 Å². The van der Waals surface area contributed by atoms with Crippen LogP contribution in [0.4, 0.5) is 4.39 Å². The minimum Gasteiger partial charge on any atom is -0.494 e. The van der Waals surface area contributed by atoms with Gasteiger partial charge in [-0.25, -0.2) is 4.39 Å². The van der Waals surface area contributed by atoms with Crippen LogP contribution in [0.3, 0.4) is 0 Å². The number of aryl methyl sites for hydroxylation is 1. The Hall–Kier alpha value is -1.39. The first-order chi connectivity index (χ1) is 9.52. The van der Waals surface area contributed by atoms with Gasteiger partial charge in [0.1, 0.15) is 11.6 Å². The molecule has 0 aromatic heterocycles. The minimum atomic E-state index is -0.379. The first kappa shape index (κ1) is 15.0. The van der Waals surface area contributed by atoms with Crippen molar-refractivity contribution >= 4 is 15.9 Å². The van der Waals surface area contributed by atoms with Crippen LogP contribution in [0.25, 0.3) is 0 Å². The molecule has 2 nitrogen and oxygen atoms in total. The van der Waals surface area contributed by atoms with Gasteiger partial charge >= 0.3 is 0 Å². The molecule has 0 fully saturated rings. The zero-order valence-corrected chi connectivity index (χ0v) is 13.1. The standard InChI is InChI=1S/C16H17BrFNO/c1-3-20-12-6-7-13(14(17)9-12)16(19)11-5-4-10(2)15(18)8-11/h4-9,16H,3,19H2,1-2H3. The lowest BCUT2D eigenvalue weighted by Crippen LogP contribution is -2.13. The molecule has 0 bridgehead atoms. The van der Waals surface area contributed by atoms with Crippen LogP contribution in [-0.4, -0.2) is 6.61 Å². The normalized spacial score (nSPS) is 12.2. The summed E-state index contributed by atoms with van der Waals surface area (Å²) in [6, 6.07) is 10.4. The molecule has 0 radical (unpaired) electrons. The van der Waals surface area contributed by atoms with E-state index in [4.69, 9.17) is 10.5 Å². The van der Waals surface area contributed by atoms with Gasteiger partial charge in [-0.2, -0.15) is 0 Å². The third-order valence-electron chi connectivity index (χ3n) is 3.17. The van der Waals surface area contributed by atoms with Gasteiger partial charge in [0, 0.05) is 4.47 Å². The summed E-state index contributed by atoms with van der Waals surface area (Å²) >= 11 is 3.49. The summed E-state index contributed by atoms with van der Waals surface area (Å²) in [6.07, 6.45) is 0. The highest BCUT2D eigenvalue weighted by Gasteiger charge is 2.14. The predicted octanol–water partition coefficient (Wildman–Crippen LogP) is 4.34. The number of hydrogen-bond donors (Lipinski definition) is 1. The van der Waals surface area contributed by atoms with Crippen molar-refractivity contribution in [1.82, 2.24) is 0 Å². The van der Waals surface area contributed by atoms with Crippen LogP contribution in [-0.2, 0) is 0 Å². The molecule has 1 atom stereocenters. The van der Waals surface area contributed by atoms with Gasteiger partial charge in [-0.15, -0.1) is 0 Å². The van der Waals surface area contributed by atoms with E-state index in [0.29, 0.717) is 12.2 Å². The van der Waals surface area contributed by atoms with Gasteiger partial charge in [-0.3, -0.25) is 0 Å². The van der Waals surface area contributed by atoms with E-state index >= 15 is 0 Å². The third kappa shape index (κ3) is 3.19. The fourth-order valence-corrected chi connectivity index (χ4v) is 2.60. The van der Waals surface area contributed by atoms with E-state index in [1.165, 1.54) is 6.07 Å². The van der Waals surface area contributed by atoms with Gasteiger partial charge in [-0.05, 0) is 48.7 Å². The Balaban J connectivity index is 2.32. The number of nitrogens with two attached hydrogens (primary N) is 1. The van der Waals surface area contributed by atoms with E-state index in [9.17, 15) is 4.39 Å². The Morgan fingerprint density at radius 1 is 1.25 bits per heavy atom. The molecule has 0 saturated carbocycles. The van der Waals surface area contributed by atoms with E-state index in [2.05, 4.69) is 15.9 Å². The fourth-order valence-electron chi connectivity index (χ4n) is 2.00. The van der Waals surface area contributed by atoms with Crippen LogP contribution in [0, 0.1) is 12.7 Å². The van der Waals surface area contributed by atoms with Crippen molar-refractivity contribution in [1.29, 1.82) is 0 Å². The second-order valence-electron chi connectivity index (χ2n) is 4.60. The Labute approximate surface area is 126 Å². The molecule has 20 heavy (non-hydrogen) atoms. The maximum absolute atomic E-state index is 13.6. The predicted molar refractivity (Wildman–Crippen MR) is 82.5 cm³/mol. The first-order valence-electron chi connectivity index (χ1n) is 6.46. The molecule has 2 rings (SSSR count). The molecular weight excluding hydrogens is 321 g/mol. The molecule has 106 valence electrons. The Bertz CT molecular complexity index is 615. The van der Waals surface area contributed by atoms with E-state index in [1.54, 1.807) is 13.0 Å². The summed E-state index contributed by atoms with van der Waals surface area (Å²) in [5, 5.41) is 0. The lowest BCUT2D eigenvalue weighted by Gasteiger charge is -2.16. The molecule has 0 aliphatic rings. The van der Waals surface area contributed by atoms with Crippen LogP contribution in [0.2, 0.25) is 0 Å². The van der Waals surface area contributed by atoms with Crippen molar-refractivity contribution < 1.29 is 9.13 Å². The number of rotatable bonds is 4. The second-order valence-corrected chi connectivity index (χ2v) is 5.46. The third-order valence-corrected chi connectivity index (χ3v) is 3.86. The lowest BCUT2D eigenvalue weighted by molar-refractivity contribution is 0.340. The van der Waals surface area contributed by atoms with Gasteiger partial charge < -0.3 is 10.5 Å². The van der Waals surface area contributed by atoms with Crippen molar-refractivity contribution in [3.63, 3.8) is 0 Å². The largest absolute Gasteiger partial charge is 0.494 e. The molecule has 0 heterocycles. The maximum Gasteiger partial charge on any atom is 0.126 e. The summed E-state index contributed by atoms with van der Waals surface area (Å²) in [7, 11) is 0. The van der Waals surface area contributed by atoms with Crippen molar-refractivity contribution in [2.24, 2.45) is 5.73 Å². The van der Waals surface area contributed by atoms with Crippen LogP contribution in [0.1, 0.15) is 29.7 Å². The fraction of sp³-hybridized carbons (Fsp3) is 0.250. The Kier molecular flexibility index (Phi) is 4.78. The topological polar surface area (TPSA) is 35.2 Å². The smallest absolute Gasteiger partial charge is 0.126 e. The second kappa shape index (κ2) is 6.37. The van der Waals surface area contributed by atoms with E-state index < -0.39 is 0 Å². The molecule has 0 spiro atoms. The molecule has 2 N–H and O–H groups in total. The molecule has 1 unspecified atom stereocenters. The maximum atomic E-state index is 13.6. The highest BCUT2D eigenvalue weighted by molar-refractivity contribution is 9.10. The van der Waals surface area contributed by atoms with Crippen molar-refractivity contribution in [2.75, 3.05) is 6.61 Å². The lowest BCUT2D eigenvalue weighted by atomic mass is 9.98. The molecular formula is C16H17BrFNO. The molecule has 4 heteroatoms. The quantitative estimate of drug-likeness (QED) is 0.900. The van der Waals surface area contributed by atoms with Gasteiger partial charge in [0.2, 0.25) is 0 Å². The van der Waals surface area contributed by atoms with Crippen molar-refractivity contribution in [3.05, 3.63) is 63.4 Å². The van der Waals surface area contributed by atoms with Crippen LogP contribution >= 0.6 is 15.9 Å². The average Bonchev–Trinajstić information content (AvgIpc) is 2.42. The Morgan fingerprint density at radius 3 is 2.60 bits per heavy atom. The summed E-state index contributed by atoms with van der Waals surface area (Å²) in [5.74, 6) is 0.547. The minimum absolute atomic E-state index is 0.236. The molecule has 2 aromatic rings. The number of hydrogen-bond acceptors (Lipinski definition) is 2. The first-order valence-corrected chi connectivity index (χ1v) is 7.26. The summed E-state index contributed by atoms with van der Waals surface area (Å²) in [4.78, 5) is 0. The molecule has 0 saturated heterocycles. The zero-order valence-electron chi connectivity index (χ0n) is 11.5. The SMILES string of the molecule is CCOc1ccc(C(N)c2ccc(C)c(F)c2)c(Br)c1. The highest BCUT2D eigenvalue weighted by atomic mass is 79.9.